The van der Waals surface area contributed by atoms with Gasteiger partial charge in [-0.3, -0.25) is 4.90 Å². The predicted octanol–water partition coefficient (Wildman–Crippen LogP) is 2.49. The number of rotatable bonds is 8. The number of nitrogens with one attached hydrogen (secondary N) is 1. The van der Waals surface area contributed by atoms with E-state index in [1.54, 1.807) is 0 Å². The Balaban J connectivity index is 2.11. The fourth-order valence-electron chi connectivity index (χ4n) is 2.07. The number of nitrogens with zero attached hydrogens (tertiary/aromatic N) is 1. The Kier molecular flexibility index (Phi) is 5.62. The van der Waals surface area contributed by atoms with Crippen LogP contribution in [-0.4, -0.2) is 37.1 Å². The van der Waals surface area contributed by atoms with Crippen LogP contribution < -0.4 is 5.32 Å². The van der Waals surface area contributed by atoms with Crippen LogP contribution >= 0.6 is 0 Å². The fourth-order valence-corrected chi connectivity index (χ4v) is 2.07. The quantitative estimate of drug-likeness (QED) is 0.622. The molecule has 1 aliphatic rings. The van der Waals surface area contributed by atoms with E-state index in [2.05, 4.69) is 38.0 Å². The van der Waals surface area contributed by atoms with Crippen LogP contribution in [0.2, 0.25) is 0 Å². The molecule has 2 atom stereocenters. The third-order valence-corrected chi connectivity index (χ3v) is 3.79. The zero-order chi connectivity index (χ0) is 11.3. The van der Waals surface area contributed by atoms with E-state index < -0.39 is 0 Å². The second kappa shape index (κ2) is 6.49. The Morgan fingerprint density at radius 2 is 2.00 bits per heavy atom. The molecule has 1 saturated carbocycles. The van der Waals surface area contributed by atoms with Crippen LogP contribution in [0.3, 0.4) is 0 Å². The highest BCUT2D eigenvalue weighted by atomic mass is 15.2. The minimum Gasteiger partial charge on any atom is -0.315 e. The first kappa shape index (κ1) is 13.0. The Morgan fingerprint density at radius 3 is 2.53 bits per heavy atom. The van der Waals surface area contributed by atoms with Gasteiger partial charge in [0.05, 0.1) is 0 Å². The van der Waals surface area contributed by atoms with E-state index in [0.717, 1.165) is 18.5 Å². The zero-order valence-corrected chi connectivity index (χ0v) is 10.9. The van der Waals surface area contributed by atoms with Gasteiger partial charge in [0.15, 0.2) is 0 Å². The molecule has 2 unspecified atom stereocenters. The SMILES string of the molecule is CCCCNCC(C)N(C)C(C)C1CC1. The zero-order valence-electron chi connectivity index (χ0n) is 10.9. The molecule has 0 saturated heterocycles. The van der Waals surface area contributed by atoms with E-state index in [0.29, 0.717) is 6.04 Å². The normalized spacial score (nSPS) is 20.6. The highest BCUT2D eigenvalue weighted by Crippen LogP contribution is 2.35. The second-order valence-corrected chi connectivity index (χ2v) is 5.15. The van der Waals surface area contributed by atoms with Crippen LogP contribution in [0.4, 0.5) is 0 Å². The molecule has 0 aromatic rings. The molecular formula is C13H28N2. The van der Waals surface area contributed by atoms with Crippen molar-refractivity contribution in [3.63, 3.8) is 0 Å². The summed E-state index contributed by atoms with van der Waals surface area (Å²) in [7, 11) is 2.27. The summed E-state index contributed by atoms with van der Waals surface area (Å²) in [5.41, 5.74) is 0. The Morgan fingerprint density at radius 1 is 1.33 bits per heavy atom. The first-order valence-corrected chi connectivity index (χ1v) is 6.59. The van der Waals surface area contributed by atoms with Gasteiger partial charge in [-0.2, -0.15) is 0 Å². The van der Waals surface area contributed by atoms with Gasteiger partial charge in [-0.1, -0.05) is 13.3 Å². The predicted molar refractivity (Wildman–Crippen MR) is 67.2 cm³/mol. The molecule has 1 aliphatic carbocycles. The van der Waals surface area contributed by atoms with Gasteiger partial charge in [0.2, 0.25) is 0 Å². The molecule has 0 aromatic carbocycles. The molecule has 2 nitrogen and oxygen atoms in total. The van der Waals surface area contributed by atoms with Crippen LogP contribution in [0.15, 0.2) is 0 Å². The van der Waals surface area contributed by atoms with Gasteiger partial charge in [0.25, 0.3) is 0 Å². The standard InChI is InChI=1S/C13H28N2/c1-5-6-9-14-10-11(2)15(4)12(3)13-7-8-13/h11-14H,5-10H2,1-4H3. The van der Waals surface area contributed by atoms with Crippen LogP contribution in [0.5, 0.6) is 0 Å². The lowest BCUT2D eigenvalue weighted by Crippen LogP contribution is -2.43. The van der Waals surface area contributed by atoms with Gasteiger partial charge >= 0.3 is 0 Å². The number of unbranched alkanes of at least 4 members (excludes halogenated alkanes) is 1. The van der Waals surface area contributed by atoms with E-state index >= 15 is 0 Å². The highest BCUT2D eigenvalue weighted by Gasteiger charge is 2.31. The van der Waals surface area contributed by atoms with Gasteiger partial charge in [-0.25, -0.2) is 0 Å². The van der Waals surface area contributed by atoms with Gasteiger partial charge in [-0.15, -0.1) is 0 Å². The van der Waals surface area contributed by atoms with Gasteiger partial charge < -0.3 is 5.32 Å². The fraction of sp³-hybridized carbons (Fsp3) is 1.00. The molecule has 0 radical (unpaired) electrons. The summed E-state index contributed by atoms with van der Waals surface area (Å²) in [5.74, 6) is 0.980. The summed E-state index contributed by atoms with van der Waals surface area (Å²) in [6, 6.07) is 1.44. The van der Waals surface area contributed by atoms with E-state index in [-0.39, 0.29) is 0 Å². The van der Waals surface area contributed by atoms with Crippen molar-refractivity contribution in [3.05, 3.63) is 0 Å². The van der Waals surface area contributed by atoms with Crippen molar-refractivity contribution in [2.75, 3.05) is 20.1 Å². The van der Waals surface area contributed by atoms with Crippen molar-refractivity contribution in [1.82, 2.24) is 10.2 Å². The van der Waals surface area contributed by atoms with Crippen molar-refractivity contribution in [3.8, 4) is 0 Å². The number of likely N-dealkylation sites (N-methyl/N-ethyl adjacent to an activating group) is 1. The Bertz CT molecular complexity index is 166. The highest BCUT2D eigenvalue weighted by molar-refractivity contribution is 4.86. The molecular weight excluding hydrogens is 184 g/mol. The van der Waals surface area contributed by atoms with Crippen molar-refractivity contribution in [1.29, 1.82) is 0 Å². The van der Waals surface area contributed by atoms with Crippen LogP contribution in [0.25, 0.3) is 0 Å². The molecule has 0 bridgehead atoms. The van der Waals surface area contributed by atoms with Gasteiger partial charge in [0, 0.05) is 18.6 Å². The summed E-state index contributed by atoms with van der Waals surface area (Å²) >= 11 is 0. The molecule has 2 heteroatoms. The Labute approximate surface area is 95.4 Å². The maximum Gasteiger partial charge on any atom is 0.0192 e. The molecule has 1 N–H and O–H groups in total. The molecule has 0 aromatic heterocycles. The Hall–Kier alpha value is -0.0800. The molecule has 0 spiro atoms. The lowest BCUT2D eigenvalue weighted by atomic mass is 10.1. The minimum absolute atomic E-state index is 0.664. The summed E-state index contributed by atoms with van der Waals surface area (Å²) in [4.78, 5) is 2.54. The number of hydrogen-bond acceptors (Lipinski definition) is 2. The van der Waals surface area contributed by atoms with Gasteiger partial charge in [0.1, 0.15) is 0 Å². The lowest BCUT2D eigenvalue weighted by molar-refractivity contribution is 0.175. The maximum atomic E-state index is 3.54. The molecule has 15 heavy (non-hydrogen) atoms. The minimum atomic E-state index is 0.664. The van der Waals surface area contributed by atoms with Gasteiger partial charge in [-0.05, 0) is 52.6 Å². The second-order valence-electron chi connectivity index (χ2n) is 5.15. The molecule has 0 heterocycles. The molecule has 1 rings (SSSR count). The van der Waals surface area contributed by atoms with E-state index in [1.807, 2.05) is 0 Å². The molecule has 0 aliphatic heterocycles. The monoisotopic (exact) mass is 212 g/mol. The van der Waals surface area contributed by atoms with Crippen molar-refractivity contribution in [2.24, 2.45) is 5.92 Å². The smallest absolute Gasteiger partial charge is 0.0192 e. The summed E-state index contributed by atoms with van der Waals surface area (Å²) in [5, 5.41) is 3.54. The first-order chi connectivity index (χ1) is 7.16. The van der Waals surface area contributed by atoms with Crippen LogP contribution in [0.1, 0.15) is 46.5 Å². The third-order valence-electron chi connectivity index (χ3n) is 3.79. The largest absolute Gasteiger partial charge is 0.315 e. The van der Waals surface area contributed by atoms with E-state index in [1.165, 1.54) is 32.2 Å². The lowest BCUT2D eigenvalue weighted by Gasteiger charge is -2.31. The number of hydrogen-bond donors (Lipinski definition) is 1. The van der Waals surface area contributed by atoms with Crippen LogP contribution in [0, 0.1) is 5.92 Å². The first-order valence-electron chi connectivity index (χ1n) is 6.59. The average Bonchev–Trinajstić information content (AvgIpc) is 3.05. The van der Waals surface area contributed by atoms with Crippen LogP contribution in [-0.2, 0) is 0 Å². The van der Waals surface area contributed by atoms with E-state index in [4.69, 9.17) is 0 Å². The van der Waals surface area contributed by atoms with Crippen molar-refractivity contribution >= 4 is 0 Å². The topological polar surface area (TPSA) is 15.3 Å². The van der Waals surface area contributed by atoms with E-state index in [9.17, 15) is 0 Å². The third kappa shape index (κ3) is 4.52. The van der Waals surface area contributed by atoms with Crippen molar-refractivity contribution in [2.45, 2.75) is 58.5 Å². The molecule has 1 fully saturated rings. The van der Waals surface area contributed by atoms with Crippen molar-refractivity contribution < 1.29 is 0 Å². The summed E-state index contributed by atoms with van der Waals surface area (Å²) < 4.78 is 0. The average molecular weight is 212 g/mol. The summed E-state index contributed by atoms with van der Waals surface area (Å²) in [6.45, 7) is 9.25. The molecule has 0 amide bonds. The summed E-state index contributed by atoms with van der Waals surface area (Å²) in [6.07, 6.45) is 5.48. The molecule has 90 valence electrons. The maximum absolute atomic E-state index is 3.54.